The number of carbonyl (C=O) groups is 2. The van der Waals surface area contributed by atoms with Gasteiger partial charge in [0.15, 0.2) is 5.69 Å². The Hall–Kier alpha value is -2.58. The Morgan fingerprint density at radius 3 is 2.93 bits per heavy atom. The molecule has 0 bridgehead atoms. The van der Waals surface area contributed by atoms with Crippen LogP contribution in [-0.4, -0.2) is 53.7 Å². The second-order valence-electron chi connectivity index (χ2n) is 6.06. The molecule has 1 aromatic carbocycles. The molecule has 0 fully saturated rings. The summed E-state index contributed by atoms with van der Waals surface area (Å²) in [4.78, 5) is 26.7. The lowest BCUT2D eigenvalue weighted by atomic mass is 10.1. The van der Waals surface area contributed by atoms with E-state index in [1.165, 1.54) is 4.90 Å². The molecule has 146 valence electrons. The minimum Gasteiger partial charge on any atom is -0.497 e. The second-order valence-corrected chi connectivity index (χ2v) is 6.06. The lowest BCUT2D eigenvalue weighted by Crippen LogP contribution is -2.38. The number of benzene rings is 1. The number of anilines is 1. The van der Waals surface area contributed by atoms with E-state index in [9.17, 15) is 9.59 Å². The van der Waals surface area contributed by atoms with E-state index >= 15 is 0 Å². The quantitative estimate of drug-likeness (QED) is 0.692. The highest BCUT2D eigenvalue weighted by molar-refractivity contribution is 5.99. The molecule has 27 heavy (non-hydrogen) atoms. The molecule has 0 saturated carbocycles. The van der Waals surface area contributed by atoms with Crippen molar-refractivity contribution >= 4 is 29.9 Å². The van der Waals surface area contributed by atoms with Crippen molar-refractivity contribution in [3.05, 3.63) is 41.2 Å². The van der Waals surface area contributed by atoms with Gasteiger partial charge in [-0.15, -0.1) is 12.4 Å². The van der Waals surface area contributed by atoms with Crippen LogP contribution in [-0.2, 0) is 17.8 Å². The van der Waals surface area contributed by atoms with E-state index in [4.69, 9.17) is 4.74 Å². The van der Waals surface area contributed by atoms with Gasteiger partial charge in [0, 0.05) is 49.1 Å². The number of rotatable bonds is 6. The van der Waals surface area contributed by atoms with Gasteiger partial charge < -0.3 is 20.3 Å². The summed E-state index contributed by atoms with van der Waals surface area (Å²) in [5.41, 5.74) is 2.90. The molecule has 1 aromatic heterocycles. The number of carbonyl (C=O) groups excluding carboxylic acids is 2. The van der Waals surface area contributed by atoms with Crippen LogP contribution in [0.1, 0.15) is 28.7 Å². The van der Waals surface area contributed by atoms with Gasteiger partial charge in [0.25, 0.3) is 5.91 Å². The van der Waals surface area contributed by atoms with Crippen LogP contribution in [0.4, 0.5) is 5.69 Å². The van der Waals surface area contributed by atoms with E-state index in [-0.39, 0.29) is 30.8 Å². The second kappa shape index (κ2) is 9.38. The van der Waals surface area contributed by atoms with Crippen LogP contribution in [0.3, 0.4) is 0 Å². The van der Waals surface area contributed by atoms with Gasteiger partial charge >= 0.3 is 0 Å². The average Bonchev–Trinajstić information content (AvgIpc) is 3.10. The minimum absolute atomic E-state index is 0. The molecular weight excluding hydrogens is 370 g/mol. The summed E-state index contributed by atoms with van der Waals surface area (Å²) in [6.07, 6.45) is 0.818. The van der Waals surface area contributed by atoms with Gasteiger partial charge in [-0.1, -0.05) is 6.07 Å². The van der Waals surface area contributed by atoms with Crippen LogP contribution in [0.15, 0.2) is 24.3 Å². The number of hydrogen-bond acceptors (Lipinski definition) is 5. The zero-order valence-electron chi connectivity index (χ0n) is 15.4. The molecule has 9 heteroatoms. The van der Waals surface area contributed by atoms with Crippen molar-refractivity contribution in [2.45, 2.75) is 19.9 Å². The van der Waals surface area contributed by atoms with Crippen molar-refractivity contribution in [3.63, 3.8) is 0 Å². The maximum absolute atomic E-state index is 12.8. The van der Waals surface area contributed by atoms with Gasteiger partial charge in [0.1, 0.15) is 12.3 Å². The number of likely N-dealkylation sites (N-methyl/N-ethyl adjacent to an activating group) is 1. The number of hydrogen-bond donors (Lipinski definition) is 3. The van der Waals surface area contributed by atoms with Crippen molar-refractivity contribution < 1.29 is 14.3 Å². The standard InChI is InChI=1S/C18H23N5O3.ClH/c1-3-23(11-16(24)20-12-5-4-6-13(9-12)26-2)18(25)17-14-10-19-8-7-15(14)21-22-17;/h4-6,9,19H,3,7-8,10-11H2,1-2H3,(H,20,24)(H,21,22);1H. The third-order valence-electron chi connectivity index (χ3n) is 4.37. The third-order valence-corrected chi connectivity index (χ3v) is 4.37. The van der Waals surface area contributed by atoms with E-state index in [0.717, 1.165) is 24.2 Å². The van der Waals surface area contributed by atoms with Crippen LogP contribution < -0.4 is 15.4 Å². The molecule has 2 heterocycles. The molecule has 2 amide bonds. The molecule has 0 atom stereocenters. The van der Waals surface area contributed by atoms with E-state index < -0.39 is 0 Å². The number of ether oxygens (including phenoxy) is 1. The fourth-order valence-corrected chi connectivity index (χ4v) is 2.95. The van der Waals surface area contributed by atoms with Gasteiger partial charge in [0.2, 0.25) is 5.91 Å². The van der Waals surface area contributed by atoms with E-state index in [0.29, 0.717) is 30.2 Å². The van der Waals surface area contributed by atoms with Crippen LogP contribution >= 0.6 is 12.4 Å². The predicted octanol–water partition coefficient (Wildman–Crippen LogP) is 1.59. The monoisotopic (exact) mass is 393 g/mol. The molecular formula is C18H24ClN5O3. The Labute approximate surface area is 164 Å². The SMILES string of the molecule is CCN(CC(=O)Nc1cccc(OC)c1)C(=O)c1n[nH]c2c1CNCC2.Cl. The van der Waals surface area contributed by atoms with Crippen LogP contribution in [0, 0.1) is 0 Å². The Morgan fingerprint density at radius 1 is 1.37 bits per heavy atom. The lowest BCUT2D eigenvalue weighted by Gasteiger charge is -2.21. The van der Waals surface area contributed by atoms with Crippen molar-refractivity contribution in [2.75, 3.05) is 32.1 Å². The molecule has 0 aliphatic carbocycles. The minimum atomic E-state index is -0.268. The first-order chi connectivity index (χ1) is 12.6. The van der Waals surface area contributed by atoms with Crippen molar-refractivity contribution in [1.82, 2.24) is 20.4 Å². The van der Waals surface area contributed by atoms with Gasteiger partial charge in [-0.2, -0.15) is 5.10 Å². The molecule has 8 nitrogen and oxygen atoms in total. The number of methoxy groups -OCH3 is 1. The molecule has 3 rings (SSSR count). The number of nitrogens with zero attached hydrogens (tertiary/aromatic N) is 2. The smallest absolute Gasteiger partial charge is 0.275 e. The number of halogens is 1. The zero-order chi connectivity index (χ0) is 18.5. The van der Waals surface area contributed by atoms with E-state index in [1.807, 2.05) is 6.92 Å². The number of aromatic nitrogens is 2. The van der Waals surface area contributed by atoms with Gasteiger partial charge in [-0.25, -0.2) is 0 Å². The summed E-state index contributed by atoms with van der Waals surface area (Å²) in [6, 6.07) is 7.09. The van der Waals surface area contributed by atoms with Crippen molar-refractivity contribution in [2.24, 2.45) is 0 Å². The molecule has 2 aromatic rings. The summed E-state index contributed by atoms with van der Waals surface area (Å²) < 4.78 is 5.15. The third kappa shape index (κ3) is 4.78. The number of fused-ring (bicyclic) bond motifs is 1. The van der Waals surface area contributed by atoms with Crippen molar-refractivity contribution in [3.8, 4) is 5.75 Å². The lowest BCUT2D eigenvalue weighted by molar-refractivity contribution is -0.116. The Balaban J connectivity index is 0.00000261. The summed E-state index contributed by atoms with van der Waals surface area (Å²) in [6.45, 7) is 3.69. The van der Waals surface area contributed by atoms with Crippen LogP contribution in [0.25, 0.3) is 0 Å². The molecule has 0 spiro atoms. The normalized spacial score (nSPS) is 12.5. The van der Waals surface area contributed by atoms with Gasteiger partial charge in [-0.05, 0) is 19.1 Å². The fraction of sp³-hybridized carbons (Fsp3) is 0.389. The van der Waals surface area contributed by atoms with E-state index in [2.05, 4.69) is 20.8 Å². The molecule has 1 aliphatic rings. The number of nitrogens with one attached hydrogen (secondary N) is 3. The largest absolute Gasteiger partial charge is 0.497 e. The molecule has 1 aliphatic heterocycles. The highest BCUT2D eigenvalue weighted by atomic mass is 35.5. The van der Waals surface area contributed by atoms with Gasteiger partial charge in [-0.3, -0.25) is 14.7 Å². The van der Waals surface area contributed by atoms with Crippen molar-refractivity contribution in [1.29, 1.82) is 0 Å². The predicted molar refractivity (Wildman–Crippen MR) is 104 cm³/mol. The number of amides is 2. The summed E-state index contributed by atoms with van der Waals surface area (Å²) in [7, 11) is 1.57. The molecule has 3 N–H and O–H groups in total. The number of H-pyrrole nitrogens is 1. The summed E-state index contributed by atoms with van der Waals surface area (Å²) >= 11 is 0. The Bertz CT molecular complexity index is 808. The average molecular weight is 394 g/mol. The fourth-order valence-electron chi connectivity index (χ4n) is 2.95. The molecule has 0 radical (unpaired) electrons. The van der Waals surface area contributed by atoms with E-state index in [1.54, 1.807) is 31.4 Å². The van der Waals surface area contributed by atoms with Crippen LogP contribution in [0.2, 0.25) is 0 Å². The highest BCUT2D eigenvalue weighted by Crippen LogP contribution is 2.18. The maximum Gasteiger partial charge on any atom is 0.275 e. The maximum atomic E-state index is 12.8. The summed E-state index contributed by atoms with van der Waals surface area (Å²) in [5.74, 6) is 0.146. The first kappa shape index (κ1) is 20.7. The zero-order valence-corrected chi connectivity index (χ0v) is 16.2. The Kier molecular flexibility index (Phi) is 7.20. The van der Waals surface area contributed by atoms with Gasteiger partial charge in [0.05, 0.1) is 7.11 Å². The first-order valence-corrected chi connectivity index (χ1v) is 8.62. The topological polar surface area (TPSA) is 99.3 Å². The molecule has 0 saturated heterocycles. The number of aromatic amines is 1. The summed E-state index contributed by atoms with van der Waals surface area (Å²) in [5, 5.41) is 13.1. The first-order valence-electron chi connectivity index (χ1n) is 8.62. The Morgan fingerprint density at radius 2 is 2.19 bits per heavy atom. The highest BCUT2D eigenvalue weighted by Gasteiger charge is 2.26. The van der Waals surface area contributed by atoms with Crippen LogP contribution in [0.5, 0.6) is 5.75 Å². The molecule has 0 unspecified atom stereocenters.